The maximum Gasteiger partial charge on any atom is 0.153 e. The van der Waals surface area contributed by atoms with Gasteiger partial charge < -0.3 is 5.73 Å². The number of nitrogen functional groups attached to an aromatic ring is 1. The number of aryl methyl sites for hydroxylation is 1. The zero-order chi connectivity index (χ0) is 12.4. The van der Waals surface area contributed by atoms with Crippen molar-refractivity contribution in [3.63, 3.8) is 0 Å². The second-order valence-electron chi connectivity index (χ2n) is 3.81. The van der Waals surface area contributed by atoms with Gasteiger partial charge in [0, 0.05) is 16.8 Å². The predicted octanol–water partition coefficient (Wildman–Crippen LogP) is 3.40. The van der Waals surface area contributed by atoms with Crippen LogP contribution in [0, 0.1) is 5.82 Å². The minimum absolute atomic E-state index is 0.0885. The van der Waals surface area contributed by atoms with Gasteiger partial charge >= 0.3 is 0 Å². The third-order valence-corrected chi connectivity index (χ3v) is 2.88. The van der Waals surface area contributed by atoms with Crippen LogP contribution in [0.2, 0.25) is 5.02 Å². The van der Waals surface area contributed by atoms with E-state index in [-0.39, 0.29) is 5.02 Å². The van der Waals surface area contributed by atoms with Gasteiger partial charge in [0.15, 0.2) is 5.82 Å². The molecule has 3 nitrogen and oxygen atoms in total. The van der Waals surface area contributed by atoms with E-state index in [1.807, 2.05) is 6.92 Å². The number of aromatic nitrogens is 2. The number of anilines is 1. The Morgan fingerprint density at radius 2 is 2.24 bits per heavy atom. The Bertz CT molecular complexity index is 537. The van der Waals surface area contributed by atoms with E-state index in [0.717, 1.165) is 18.5 Å². The molecule has 0 aliphatic heterocycles. The molecule has 3 N–H and O–H groups in total. The monoisotopic (exact) mass is 253 g/mol. The van der Waals surface area contributed by atoms with Crippen molar-refractivity contribution in [3.8, 4) is 11.1 Å². The molecule has 17 heavy (non-hydrogen) atoms. The van der Waals surface area contributed by atoms with Crippen LogP contribution in [0.1, 0.15) is 19.0 Å². The molecule has 1 aromatic carbocycles. The highest BCUT2D eigenvalue weighted by Crippen LogP contribution is 2.33. The summed E-state index contributed by atoms with van der Waals surface area (Å²) in [6.45, 7) is 2.04. The van der Waals surface area contributed by atoms with Gasteiger partial charge in [0.1, 0.15) is 5.82 Å². The zero-order valence-electron chi connectivity index (χ0n) is 9.43. The number of hydrogen-bond acceptors (Lipinski definition) is 2. The van der Waals surface area contributed by atoms with Gasteiger partial charge in [0.05, 0.1) is 5.02 Å². The quantitative estimate of drug-likeness (QED) is 0.881. The Balaban J connectivity index is 2.59. The van der Waals surface area contributed by atoms with Crippen molar-refractivity contribution in [1.29, 1.82) is 0 Å². The van der Waals surface area contributed by atoms with Crippen molar-refractivity contribution >= 4 is 17.4 Å². The molecule has 0 aliphatic rings. The van der Waals surface area contributed by atoms with E-state index in [1.165, 1.54) is 6.07 Å². The number of halogens is 2. The molecule has 0 amide bonds. The maximum absolute atomic E-state index is 13.9. The first-order valence-electron chi connectivity index (χ1n) is 5.42. The summed E-state index contributed by atoms with van der Waals surface area (Å²) in [5.41, 5.74) is 7.62. The van der Waals surface area contributed by atoms with Gasteiger partial charge in [0.2, 0.25) is 0 Å². The Morgan fingerprint density at radius 1 is 1.47 bits per heavy atom. The van der Waals surface area contributed by atoms with Gasteiger partial charge in [-0.3, -0.25) is 5.10 Å². The lowest BCUT2D eigenvalue weighted by Crippen LogP contribution is -1.94. The molecule has 5 heteroatoms. The number of hydrogen-bond donors (Lipinski definition) is 2. The fraction of sp³-hybridized carbons (Fsp3) is 0.250. The zero-order valence-corrected chi connectivity index (χ0v) is 10.2. The largest absolute Gasteiger partial charge is 0.382 e. The molecule has 0 radical (unpaired) electrons. The van der Waals surface area contributed by atoms with Crippen molar-refractivity contribution in [2.45, 2.75) is 19.8 Å². The van der Waals surface area contributed by atoms with Crippen LogP contribution in [0.15, 0.2) is 18.2 Å². The Labute approximate surface area is 104 Å². The van der Waals surface area contributed by atoms with Crippen LogP contribution in [0.5, 0.6) is 0 Å². The molecular weight excluding hydrogens is 241 g/mol. The van der Waals surface area contributed by atoms with Crippen LogP contribution in [0.4, 0.5) is 10.2 Å². The standard InChI is InChI=1S/C12H13ClFN3/c1-2-4-9-10(12(15)17-16-9)7-5-3-6-8(13)11(7)14/h3,5-6H,2,4H2,1H3,(H3,15,16,17). The summed E-state index contributed by atoms with van der Waals surface area (Å²) in [6, 6.07) is 4.86. The molecular formula is C12H13ClFN3. The third-order valence-electron chi connectivity index (χ3n) is 2.59. The topological polar surface area (TPSA) is 54.7 Å². The fourth-order valence-corrected chi connectivity index (χ4v) is 2.00. The highest BCUT2D eigenvalue weighted by atomic mass is 35.5. The summed E-state index contributed by atoms with van der Waals surface area (Å²) in [5, 5.41) is 6.85. The summed E-state index contributed by atoms with van der Waals surface area (Å²) < 4.78 is 13.9. The fourth-order valence-electron chi connectivity index (χ4n) is 1.82. The summed E-state index contributed by atoms with van der Waals surface area (Å²) in [7, 11) is 0. The lowest BCUT2D eigenvalue weighted by atomic mass is 10.0. The van der Waals surface area contributed by atoms with E-state index in [4.69, 9.17) is 17.3 Å². The lowest BCUT2D eigenvalue weighted by molar-refractivity contribution is 0.631. The SMILES string of the molecule is CCCc1[nH]nc(N)c1-c1cccc(Cl)c1F. The molecule has 0 bridgehead atoms. The average molecular weight is 254 g/mol. The van der Waals surface area contributed by atoms with Crippen LogP contribution in [0.3, 0.4) is 0 Å². The van der Waals surface area contributed by atoms with Crippen molar-refractivity contribution in [2.75, 3.05) is 5.73 Å². The predicted molar refractivity (Wildman–Crippen MR) is 67.4 cm³/mol. The van der Waals surface area contributed by atoms with E-state index >= 15 is 0 Å². The molecule has 0 aliphatic carbocycles. The highest BCUT2D eigenvalue weighted by molar-refractivity contribution is 6.31. The van der Waals surface area contributed by atoms with E-state index in [9.17, 15) is 4.39 Å². The molecule has 90 valence electrons. The normalized spacial score (nSPS) is 10.8. The lowest BCUT2D eigenvalue weighted by Gasteiger charge is -2.06. The average Bonchev–Trinajstić information content (AvgIpc) is 2.65. The van der Waals surface area contributed by atoms with E-state index < -0.39 is 5.82 Å². The number of H-pyrrole nitrogens is 1. The number of nitrogens with one attached hydrogen (secondary N) is 1. The number of nitrogens with zero attached hydrogens (tertiary/aromatic N) is 1. The van der Waals surface area contributed by atoms with Gasteiger partial charge in [-0.15, -0.1) is 0 Å². The van der Waals surface area contributed by atoms with Gasteiger partial charge in [-0.1, -0.05) is 37.1 Å². The molecule has 0 saturated heterocycles. The molecule has 1 heterocycles. The molecule has 0 atom stereocenters. The number of benzene rings is 1. The molecule has 0 unspecified atom stereocenters. The molecule has 0 fully saturated rings. The van der Waals surface area contributed by atoms with E-state index in [2.05, 4.69) is 10.2 Å². The molecule has 2 rings (SSSR count). The number of nitrogens with two attached hydrogens (primary N) is 1. The van der Waals surface area contributed by atoms with Crippen LogP contribution in [-0.4, -0.2) is 10.2 Å². The Hall–Kier alpha value is -1.55. The molecule has 2 aromatic rings. The van der Waals surface area contributed by atoms with Gasteiger partial charge in [-0.2, -0.15) is 5.10 Å². The third kappa shape index (κ3) is 2.13. The minimum atomic E-state index is -0.459. The van der Waals surface area contributed by atoms with Crippen molar-refractivity contribution in [2.24, 2.45) is 0 Å². The van der Waals surface area contributed by atoms with Crippen LogP contribution in [0.25, 0.3) is 11.1 Å². The minimum Gasteiger partial charge on any atom is -0.382 e. The van der Waals surface area contributed by atoms with Gasteiger partial charge in [-0.05, 0) is 12.5 Å². The maximum atomic E-state index is 13.9. The van der Waals surface area contributed by atoms with Crippen LogP contribution in [-0.2, 0) is 6.42 Å². The first-order valence-corrected chi connectivity index (χ1v) is 5.80. The summed E-state index contributed by atoms with van der Waals surface area (Å²) in [4.78, 5) is 0. The second-order valence-corrected chi connectivity index (χ2v) is 4.22. The van der Waals surface area contributed by atoms with Crippen LogP contribution < -0.4 is 5.73 Å². The summed E-state index contributed by atoms with van der Waals surface area (Å²) in [6.07, 6.45) is 1.70. The Morgan fingerprint density at radius 3 is 2.94 bits per heavy atom. The molecule has 1 aromatic heterocycles. The van der Waals surface area contributed by atoms with Gasteiger partial charge in [-0.25, -0.2) is 4.39 Å². The van der Waals surface area contributed by atoms with Gasteiger partial charge in [0.25, 0.3) is 0 Å². The van der Waals surface area contributed by atoms with Crippen LogP contribution >= 0.6 is 11.6 Å². The van der Waals surface area contributed by atoms with Crippen molar-refractivity contribution < 1.29 is 4.39 Å². The van der Waals surface area contributed by atoms with E-state index in [1.54, 1.807) is 12.1 Å². The molecule has 0 saturated carbocycles. The number of rotatable bonds is 3. The van der Waals surface area contributed by atoms with Crippen molar-refractivity contribution in [1.82, 2.24) is 10.2 Å². The molecule has 0 spiro atoms. The highest BCUT2D eigenvalue weighted by Gasteiger charge is 2.17. The van der Waals surface area contributed by atoms with Crippen molar-refractivity contribution in [3.05, 3.63) is 34.7 Å². The number of aromatic amines is 1. The summed E-state index contributed by atoms with van der Waals surface area (Å²) in [5.74, 6) is -0.158. The smallest absolute Gasteiger partial charge is 0.153 e. The first-order chi connectivity index (χ1) is 8.15. The second kappa shape index (κ2) is 4.75. The first kappa shape index (κ1) is 11.9. The van der Waals surface area contributed by atoms with E-state index in [0.29, 0.717) is 16.9 Å². The Kier molecular flexibility index (Phi) is 3.33. The summed E-state index contributed by atoms with van der Waals surface area (Å²) >= 11 is 5.77.